The molecule has 3 aromatic rings. The van der Waals surface area contributed by atoms with Gasteiger partial charge in [0.15, 0.2) is 5.76 Å². The number of carbonyl (C=O) groups is 2. The highest BCUT2D eigenvalue weighted by atomic mass is 16.5. The fourth-order valence-corrected chi connectivity index (χ4v) is 3.54. The van der Waals surface area contributed by atoms with Crippen molar-refractivity contribution in [2.24, 2.45) is 0 Å². The molecule has 0 bridgehead atoms. The highest BCUT2D eigenvalue weighted by Crippen LogP contribution is 2.20. The van der Waals surface area contributed by atoms with Crippen LogP contribution in [0.2, 0.25) is 0 Å². The number of furan rings is 1. The average molecular weight is 404 g/mol. The van der Waals surface area contributed by atoms with Crippen molar-refractivity contribution in [3.63, 3.8) is 0 Å². The molecule has 1 aromatic heterocycles. The summed E-state index contributed by atoms with van der Waals surface area (Å²) in [5.74, 6) is 0.844. The van der Waals surface area contributed by atoms with Gasteiger partial charge in [-0.2, -0.15) is 0 Å². The molecule has 0 spiro atoms. The summed E-state index contributed by atoms with van der Waals surface area (Å²) in [4.78, 5) is 27.0. The molecule has 0 radical (unpaired) electrons. The molecule has 2 amide bonds. The minimum atomic E-state index is -0.139. The van der Waals surface area contributed by atoms with Gasteiger partial charge in [0.2, 0.25) is 0 Å². The largest absolute Gasteiger partial charge is 0.489 e. The molecule has 1 N–H and O–H groups in total. The monoisotopic (exact) mass is 404 g/mol. The topological polar surface area (TPSA) is 71.8 Å². The van der Waals surface area contributed by atoms with Crippen molar-refractivity contribution in [3.05, 3.63) is 89.9 Å². The van der Waals surface area contributed by atoms with Crippen LogP contribution in [0.15, 0.2) is 77.4 Å². The van der Waals surface area contributed by atoms with Gasteiger partial charge in [0.05, 0.1) is 6.26 Å². The molecular formula is C24H24N2O4. The van der Waals surface area contributed by atoms with E-state index < -0.39 is 0 Å². The number of hydrogen-bond donors (Lipinski definition) is 1. The molecule has 4 rings (SSSR count). The summed E-state index contributed by atoms with van der Waals surface area (Å²) in [6.45, 7) is 1.40. The van der Waals surface area contributed by atoms with E-state index in [1.807, 2.05) is 48.5 Å². The number of benzene rings is 2. The van der Waals surface area contributed by atoms with E-state index in [1.54, 1.807) is 23.1 Å². The second-order valence-corrected chi connectivity index (χ2v) is 7.28. The molecule has 6 heteroatoms. The van der Waals surface area contributed by atoms with Gasteiger partial charge in [-0.15, -0.1) is 0 Å². The molecule has 0 atom stereocenters. The summed E-state index contributed by atoms with van der Waals surface area (Å²) >= 11 is 0. The van der Waals surface area contributed by atoms with Crippen molar-refractivity contribution in [2.75, 3.05) is 13.1 Å². The number of likely N-dealkylation sites (tertiary alicyclic amines) is 1. The first-order valence-electron chi connectivity index (χ1n) is 10.1. The lowest BCUT2D eigenvalue weighted by Gasteiger charge is -2.32. The smallest absolute Gasteiger partial charge is 0.289 e. The van der Waals surface area contributed by atoms with Gasteiger partial charge >= 0.3 is 0 Å². The molecule has 1 saturated heterocycles. The Balaban J connectivity index is 1.30. The minimum Gasteiger partial charge on any atom is -0.489 e. The number of amides is 2. The number of para-hydroxylation sites is 1. The number of ether oxygens (including phenoxy) is 1. The molecule has 2 aromatic carbocycles. The summed E-state index contributed by atoms with van der Waals surface area (Å²) in [6, 6.07) is 20.5. The second-order valence-electron chi connectivity index (χ2n) is 7.28. The molecule has 1 aliphatic rings. The third-order valence-corrected chi connectivity index (χ3v) is 5.23. The van der Waals surface area contributed by atoms with Crippen molar-refractivity contribution < 1.29 is 18.7 Å². The van der Waals surface area contributed by atoms with E-state index in [9.17, 15) is 9.59 Å². The average Bonchev–Trinajstić information content (AvgIpc) is 3.27. The second kappa shape index (κ2) is 9.31. The SMILES string of the molecule is O=C(NC1CCN(C(=O)c2occc2COc2ccccc2)CC1)c1ccccc1. The first-order valence-corrected chi connectivity index (χ1v) is 10.1. The lowest BCUT2D eigenvalue weighted by atomic mass is 10.0. The Hall–Kier alpha value is -3.54. The molecule has 154 valence electrons. The molecular weight excluding hydrogens is 380 g/mol. The van der Waals surface area contributed by atoms with E-state index in [4.69, 9.17) is 9.15 Å². The van der Waals surface area contributed by atoms with Gasteiger partial charge in [0.25, 0.3) is 11.8 Å². The van der Waals surface area contributed by atoms with Crippen LogP contribution < -0.4 is 10.1 Å². The van der Waals surface area contributed by atoms with Crippen LogP contribution in [0.4, 0.5) is 0 Å². The van der Waals surface area contributed by atoms with E-state index >= 15 is 0 Å². The number of rotatable bonds is 6. The number of carbonyl (C=O) groups excluding carboxylic acids is 2. The molecule has 0 unspecified atom stereocenters. The van der Waals surface area contributed by atoms with Crippen LogP contribution in [-0.2, 0) is 6.61 Å². The lowest BCUT2D eigenvalue weighted by molar-refractivity contribution is 0.0663. The van der Waals surface area contributed by atoms with E-state index in [0.717, 1.165) is 11.3 Å². The van der Waals surface area contributed by atoms with Gasteiger partial charge in [-0.3, -0.25) is 9.59 Å². The molecule has 1 fully saturated rings. The Bertz CT molecular complexity index is 977. The van der Waals surface area contributed by atoms with Crippen molar-refractivity contribution in [1.29, 1.82) is 0 Å². The molecule has 2 heterocycles. The van der Waals surface area contributed by atoms with Crippen molar-refractivity contribution in [2.45, 2.75) is 25.5 Å². The molecule has 0 aliphatic carbocycles. The van der Waals surface area contributed by atoms with Crippen LogP contribution in [0, 0.1) is 0 Å². The van der Waals surface area contributed by atoms with Gasteiger partial charge in [-0.05, 0) is 43.2 Å². The number of hydrogen-bond acceptors (Lipinski definition) is 4. The van der Waals surface area contributed by atoms with E-state index in [2.05, 4.69) is 5.32 Å². The van der Waals surface area contributed by atoms with Gasteiger partial charge in [-0.1, -0.05) is 36.4 Å². The van der Waals surface area contributed by atoms with Crippen LogP contribution in [0.3, 0.4) is 0 Å². The number of nitrogens with one attached hydrogen (secondary N) is 1. The minimum absolute atomic E-state index is 0.0549. The maximum Gasteiger partial charge on any atom is 0.289 e. The first kappa shape index (κ1) is 19.8. The number of nitrogens with zero attached hydrogens (tertiary/aromatic N) is 1. The van der Waals surface area contributed by atoms with Gasteiger partial charge in [-0.25, -0.2) is 0 Å². The van der Waals surface area contributed by atoms with Crippen LogP contribution in [-0.4, -0.2) is 35.8 Å². The summed E-state index contributed by atoms with van der Waals surface area (Å²) in [5.41, 5.74) is 1.37. The zero-order valence-corrected chi connectivity index (χ0v) is 16.6. The molecule has 30 heavy (non-hydrogen) atoms. The zero-order valence-electron chi connectivity index (χ0n) is 16.6. The van der Waals surface area contributed by atoms with Crippen molar-refractivity contribution in [1.82, 2.24) is 10.2 Å². The lowest BCUT2D eigenvalue weighted by Crippen LogP contribution is -2.46. The predicted molar refractivity (Wildman–Crippen MR) is 112 cm³/mol. The highest BCUT2D eigenvalue weighted by molar-refractivity contribution is 5.94. The third-order valence-electron chi connectivity index (χ3n) is 5.23. The third kappa shape index (κ3) is 4.71. The standard InChI is InChI=1S/C24H24N2O4/c27-23(18-7-3-1-4-8-18)25-20-11-14-26(15-12-20)24(28)22-19(13-16-29-22)17-30-21-9-5-2-6-10-21/h1-10,13,16,20H,11-12,14-15,17H2,(H,25,27). The van der Waals surface area contributed by atoms with Gasteiger partial charge in [0, 0.05) is 30.3 Å². The van der Waals surface area contributed by atoms with E-state index in [-0.39, 0.29) is 24.5 Å². The van der Waals surface area contributed by atoms with Crippen LogP contribution in [0.1, 0.15) is 39.3 Å². The van der Waals surface area contributed by atoms with E-state index in [1.165, 1.54) is 6.26 Å². The maximum atomic E-state index is 12.9. The zero-order chi connectivity index (χ0) is 20.8. The normalized spacial score (nSPS) is 14.3. The Morgan fingerprint density at radius 2 is 1.63 bits per heavy atom. The summed E-state index contributed by atoms with van der Waals surface area (Å²) < 4.78 is 11.2. The van der Waals surface area contributed by atoms with Crippen LogP contribution in [0.25, 0.3) is 0 Å². The Kier molecular flexibility index (Phi) is 6.13. The van der Waals surface area contributed by atoms with Crippen LogP contribution >= 0.6 is 0 Å². The predicted octanol–water partition coefficient (Wildman–Crippen LogP) is 3.89. The molecule has 0 saturated carbocycles. The Labute approximate surface area is 175 Å². The highest BCUT2D eigenvalue weighted by Gasteiger charge is 2.28. The maximum absolute atomic E-state index is 12.9. The number of piperidine rings is 1. The van der Waals surface area contributed by atoms with Gasteiger partial charge < -0.3 is 19.4 Å². The van der Waals surface area contributed by atoms with E-state index in [0.29, 0.717) is 37.3 Å². The Morgan fingerprint density at radius 3 is 2.33 bits per heavy atom. The Morgan fingerprint density at radius 1 is 0.967 bits per heavy atom. The first-order chi connectivity index (χ1) is 14.7. The van der Waals surface area contributed by atoms with Crippen LogP contribution in [0.5, 0.6) is 5.75 Å². The quantitative estimate of drug-likeness (QED) is 0.677. The molecule has 1 aliphatic heterocycles. The summed E-state index contributed by atoms with van der Waals surface area (Å²) in [7, 11) is 0. The van der Waals surface area contributed by atoms with Crippen molar-refractivity contribution in [3.8, 4) is 5.75 Å². The fraction of sp³-hybridized carbons (Fsp3) is 0.250. The molecule has 6 nitrogen and oxygen atoms in total. The fourth-order valence-electron chi connectivity index (χ4n) is 3.54. The van der Waals surface area contributed by atoms with Crippen molar-refractivity contribution >= 4 is 11.8 Å². The summed E-state index contributed by atoms with van der Waals surface area (Å²) in [5, 5.41) is 3.06. The summed E-state index contributed by atoms with van der Waals surface area (Å²) in [6.07, 6.45) is 2.94. The van der Waals surface area contributed by atoms with Gasteiger partial charge in [0.1, 0.15) is 12.4 Å².